The highest BCUT2D eigenvalue weighted by Gasteiger charge is 2.33. The summed E-state index contributed by atoms with van der Waals surface area (Å²) in [6.07, 6.45) is 1.74. The van der Waals surface area contributed by atoms with E-state index < -0.39 is 5.41 Å². The van der Waals surface area contributed by atoms with Gasteiger partial charge in [-0.2, -0.15) is 5.26 Å². The third kappa shape index (κ3) is 4.42. The minimum Gasteiger partial charge on any atom is -0.481 e. The molecule has 0 aliphatic carbocycles. The number of pyridine rings is 3. The molecule has 1 amide bonds. The van der Waals surface area contributed by atoms with Crippen LogP contribution >= 0.6 is 0 Å². The van der Waals surface area contributed by atoms with Gasteiger partial charge in [0.1, 0.15) is 5.41 Å². The Labute approximate surface area is 202 Å². The lowest BCUT2D eigenvalue weighted by molar-refractivity contribution is 0.0757. The van der Waals surface area contributed by atoms with Crippen molar-refractivity contribution in [3.8, 4) is 23.3 Å². The summed E-state index contributed by atoms with van der Waals surface area (Å²) in [4.78, 5) is 26.5. The summed E-state index contributed by atoms with van der Waals surface area (Å²) < 4.78 is 10.8. The van der Waals surface area contributed by atoms with E-state index in [0.29, 0.717) is 36.0 Å². The Morgan fingerprint density at radius 3 is 2.86 bits per heavy atom. The molecule has 174 valence electrons. The maximum Gasteiger partial charge on any atom is 0.251 e. The zero-order chi connectivity index (χ0) is 24.4. The minimum absolute atomic E-state index is 0.233. The van der Waals surface area contributed by atoms with E-state index in [0.717, 1.165) is 27.7 Å². The topological polar surface area (TPSA) is 110 Å². The van der Waals surface area contributed by atoms with E-state index in [-0.39, 0.29) is 12.5 Å². The lowest BCUT2D eigenvalue weighted by Gasteiger charge is -2.30. The van der Waals surface area contributed by atoms with Gasteiger partial charge < -0.3 is 14.8 Å². The number of aromatic nitrogens is 3. The number of fused-ring (bicyclic) bond motifs is 2. The number of carbonyl (C=O) groups excluding carboxylic acids is 1. The lowest BCUT2D eigenvalue weighted by Crippen LogP contribution is -2.33. The summed E-state index contributed by atoms with van der Waals surface area (Å²) in [5.41, 5.74) is 4.36. The Morgan fingerprint density at radius 1 is 1.17 bits per heavy atom. The van der Waals surface area contributed by atoms with Gasteiger partial charge in [-0.15, -0.1) is 0 Å². The fraction of sp³-hybridized carbons (Fsp3) is 0.222. The summed E-state index contributed by atoms with van der Waals surface area (Å²) in [6, 6.07) is 18.9. The normalized spacial score (nSPS) is 16.8. The molecular formula is C27H23N5O3. The number of carbonyl (C=O) groups is 1. The quantitative estimate of drug-likeness (QED) is 0.475. The van der Waals surface area contributed by atoms with Gasteiger partial charge >= 0.3 is 0 Å². The number of nitrogens with zero attached hydrogens (tertiary/aromatic N) is 4. The van der Waals surface area contributed by atoms with Crippen LogP contribution < -0.4 is 10.1 Å². The van der Waals surface area contributed by atoms with E-state index in [4.69, 9.17) is 14.5 Å². The first kappa shape index (κ1) is 22.4. The minimum atomic E-state index is -0.773. The molecule has 5 rings (SSSR count). The van der Waals surface area contributed by atoms with Gasteiger partial charge in [0.15, 0.2) is 0 Å². The number of benzene rings is 1. The van der Waals surface area contributed by atoms with Crippen molar-refractivity contribution in [1.29, 1.82) is 5.26 Å². The van der Waals surface area contributed by atoms with Gasteiger partial charge in [-0.25, -0.2) is 9.97 Å². The second-order valence-electron chi connectivity index (χ2n) is 8.62. The van der Waals surface area contributed by atoms with Crippen molar-refractivity contribution < 1.29 is 14.3 Å². The molecular weight excluding hydrogens is 442 g/mol. The van der Waals surface area contributed by atoms with Crippen molar-refractivity contribution in [2.75, 3.05) is 13.7 Å². The van der Waals surface area contributed by atoms with Crippen LogP contribution in [0.2, 0.25) is 0 Å². The van der Waals surface area contributed by atoms with Crippen LogP contribution in [0.5, 0.6) is 5.88 Å². The van der Waals surface area contributed by atoms with Crippen molar-refractivity contribution in [2.45, 2.75) is 25.5 Å². The fourth-order valence-electron chi connectivity index (χ4n) is 4.13. The molecule has 0 unspecified atom stereocenters. The average molecular weight is 466 g/mol. The number of nitrogens with one attached hydrogen (secondary N) is 1. The predicted molar refractivity (Wildman–Crippen MR) is 130 cm³/mol. The molecule has 0 saturated carbocycles. The van der Waals surface area contributed by atoms with E-state index in [1.54, 1.807) is 31.5 Å². The van der Waals surface area contributed by atoms with Crippen molar-refractivity contribution in [2.24, 2.45) is 0 Å². The Bertz CT molecular complexity index is 1480. The molecule has 35 heavy (non-hydrogen) atoms. The predicted octanol–water partition coefficient (Wildman–Crippen LogP) is 3.94. The smallest absolute Gasteiger partial charge is 0.251 e. The average Bonchev–Trinajstić information content (AvgIpc) is 2.91. The highest BCUT2D eigenvalue weighted by Crippen LogP contribution is 2.32. The molecule has 8 nitrogen and oxygen atoms in total. The highest BCUT2D eigenvalue weighted by molar-refractivity contribution is 5.94. The summed E-state index contributed by atoms with van der Waals surface area (Å²) in [7, 11) is 1.58. The van der Waals surface area contributed by atoms with Gasteiger partial charge in [0.25, 0.3) is 5.91 Å². The van der Waals surface area contributed by atoms with Crippen molar-refractivity contribution in [3.63, 3.8) is 0 Å². The molecule has 3 aromatic heterocycles. The number of hydrogen-bond donors (Lipinski definition) is 1. The zero-order valence-corrected chi connectivity index (χ0v) is 19.4. The van der Waals surface area contributed by atoms with Gasteiger partial charge in [0.05, 0.1) is 55.5 Å². The number of amides is 1. The first-order valence-electron chi connectivity index (χ1n) is 11.2. The van der Waals surface area contributed by atoms with Gasteiger partial charge in [-0.05, 0) is 54.4 Å². The molecule has 1 aliphatic rings. The first-order valence-corrected chi connectivity index (χ1v) is 11.2. The van der Waals surface area contributed by atoms with Crippen molar-refractivity contribution >= 4 is 16.8 Å². The summed E-state index contributed by atoms with van der Waals surface area (Å²) in [6.45, 7) is 2.82. The second-order valence-corrected chi connectivity index (χ2v) is 8.62. The molecule has 4 heterocycles. The third-order valence-corrected chi connectivity index (χ3v) is 6.12. The number of rotatable bonds is 5. The van der Waals surface area contributed by atoms with Gasteiger partial charge in [0.2, 0.25) is 5.88 Å². The van der Waals surface area contributed by atoms with Crippen LogP contribution in [-0.4, -0.2) is 34.6 Å². The van der Waals surface area contributed by atoms with Gasteiger partial charge in [-0.1, -0.05) is 12.1 Å². The molecule has 0 bridgehead atoms. The maximum absolute atomic E-state index is 12.9. The molecule has 1 N–H and O–H groups in total. The third-order valence-electron chi connectivity index (χ3n) is 6.12. The van der Waals surface area contributed by atoms with E-state index in [2.05, 4.69) is 21.4 Å². The molecule has 0 spiro atoms. The van der Waals surface area contributed by atoms with E-state index in [9.17, 15) is 10.1 Å². The van der Waals surface area contributed by atoms with Crippen LogP contribution in [0.3, 0.4) is 0 Å². The zero-order valence-electron chi connectivity index (χ0n) is 19.4. The first-order chi connectivity index (χ1) is 17.0. The van der Waals surface area contributed by atoms with Crippen LogP contribution in [0, 0.1) is 11.3 Å². The van der Waals surface area contributed by atoms with Crippen LogP contribution in [0.4, 0.5) is 0 Å². The molecule has 0 fully saturated rings. The Kier molecular flexibility index (Phi) is 5.85. The second kappa shape index (κ2) is 9.12. The maximum atomic E-state index is 12.9. The van der Waals surface area contributed by atoms with E-state index in [1.807, 2.05) is 43.3 Å². The number of nitriles is 1. The molecule has 1 aromatic carbocycles. The van der Waals surface area contributed by atoms with E-state index >= 15 is 0 Å². The molecule has 8 heteroatoms. The van der Waals surface area contributed by atoms with Crippen LogP contribution in [0.15, 0.2) is 60.8 Å². The fourth-order valence-corrected chi connectivity index (χ4v) is 4.13. The molecule has 4 aromatic rings. The Balaban J connectivity index is 1.35. The van der Waals surface area contributed by atoms with Gasteiger partial charge in [0, 0.05) is 23.2 Å². The largest absolute Gasteiger partial charge is 0.481 e. The van der Waals surface area contributed by atoms with E-state index in [1.165, 1.54) is 0 Å². The van der Waals surface area contributed by atoms with Crippen LogP contribution in [0.1, 0.15) is 34.1 Å². The van der Waals surface area contributed by atoms with Gasteiger partial charge in [-0.3, -0.25) is 9.78 Å². The number of hydrogen-bond acceptors (Lipinski definition) is 7. The number of ether oxygens (including phenoxy) is 2. The number of methoxy groups -OCH3 is 1. The van der Waals surface area contributed by atoms with Crippen LogP contribution in [0.25, 0.3) is 22.3 Å². The molecule has 0 radical (unpaired) electrons. The summed E-state index contributed by atoms with van der Waals surface area (Å²) in [5, 5.41) is 13.4. The molecule has 0 saturated heterocycles. The van der Waals surface area contributed by atoms with Crippen molar-refractivity contribution in [3.05, 3.63) is 83.2 Å². The summed E-state index contributed by atoms with van der Waals surface area (Å²) >= 11 is 0. The molecule has 1 atom stereocenters. The SMILES string of the molecule is COc1cccc(-c2ccc3cnc(CNC(=O)c4ccc5c(c4)[C@](C)(C#N)COC5)cc3n2)n1. The molecule has 1 aliphatic heterocycles. The van der Waals surface area contributed by atoms with Crippen molar-refractivity contribution in [1.82, 2.24) is 20.3 Å². The highest BCUT2D eigenvalue weighted by atomic mass is 16.5. The standard InChI is InChI=1S/C27H23N5O3/c1-27(15-28)16-35-14-19-7-6-17(10-21(19)27)26(33)30-13-20-11-24-18(12-29-20)8-9-23(31-24)22-4-3-5-25(32-22)34-2/h3-12H,13-14,16H2,1-2H3,(H,30,33)/t27-/m1/s1. The van der Waals surface area contributed by atoms with Crippen LogP contribution in [-0.2, 0) is 23.3 Å². The monoisotopic (exact) mass is 465 g/mol. The lowest BCUT2D eigenvalue weighted by atomic mass is 9.79. The Morgan fingerprint density at radius 2 is 2.03 bits per heavy atom. The summed E-state index contributed by atoms with van der Waals surface area (Å²) in [5.74, 6) is 0.288. The Hall–Kier alpha value is -4.35.